The summed E-state index contributed by atoms with van der Waals surface area (Å²) in [4.78, 5) is 1.45. The number of nitrogens with one attached hydrogen (secondary N) is 1. The van der Waals surface area contributed by atoms with Crippen LogP contribution in [0.2, 0.25) is 0 Å². The normalized spacial score (nSPS) is 24.9. The van der Waals surface area contributed by atoms with E-state index in [0.29, 0.717) is 10.8 Å². The van der Waals surface area contributed by atoms with Gasteiger partial charge in [0.1, 0.15) is 0 Å². The molecule has 0 amide bonds. The van der Waals surface area contributed by atoms with Crippen LogP contribution in [0.15, 0.2) is 30.3 Å². The summed E-state index contributed by atoms with van der Waals surface area (Å²) in [7, 11) is 0. The van der Waals surface area contributed by atoms with Crippen LogP contribution in [0, 0.1) is 0 Å². The van der Waals surface area contributed by atoms with Crippen LogP contribution in [0.1, 0.15) is 37.6 Å². The lowest BCUT2D eigenvalue weighted by atomic mass is 10.1. The first kappa shape index (κ1) is 13.5. The number of hydrogen-bond acceptors (Lipinski definition) is 3. The lowest BCUT2D eigenvalue weighted by Gasteiger charge is -2.25. The minimum Gasteiger partial charge on any atom is -0.308 e. The summed E-state index contributed by atoms with van der Waals surface area (Å²) in [6.07, 6.45) is 2.73. The van der Waals surface area contributed by atoms with Crippen molar-refractivity contribution in [1.29, 1.82) is 0 Å². The molecule has 0 bridgehead atoms. The van der Waals surface area contributed by atoms with Gasteiger partial charge >= 0.3 is 0 Å². The molecule has 2 aromatic rings. The topological polar surface area (TPSA) is 12.0 Å². The van der Waals surface area contributed by atoms with Gasteiger partial charge in [-0.05, 0) is 50.0 Å². The van der Waals surface area contributed by atoms with Gasteiger partial charge in [0.2, 0.25) is 0 Å². The van der Waals surface area contributed by atoms with Crippen molar-refractivity contribution in [3.63, 3.8) is 0 Å². The fourth-order valence-electron chi connectivity index (χ4n) is 2.66. The van der Waals surface area contributed by atoms with Crippen LogP contribution in [0.4, 0.5) is 0 Å². The lowest BCUT2D eigenvalue weighted by molar-refractivity contribution is 0.494. The Bertz CT molecular complexity index is 522. The standard InChI is InChI=1S/C16H21NS2/c1-12(17-11-16(2)8-5-9-18-16)15-10-13-6-3-4-7-14(13)19-15/h3-4,6-7,10,12,17H,5,8-9,11H2,1-2H3. The van der Waals surface area contributed by atoms with Crippen LogP contribution in [0.25, 0.3) is 10.1 Å². The number of benzene rings is 1. The highest BCUT2D eigenvalue weighted by atomic mass is 32.2. The zero-order valence-electron chi connectivity index (χ0n) is 11.6. The third-order valence-electron chi connectivity index (χ3n) is 3.95. The fourth-order valence-corrected chi connectivity index (χ4v) is 5.01. The average molecular weight is 291 g/mol. The van der Waals surface area contributed by atoms with Gasteiger partial charge < -0.3 is 5.32 Å². The van der Waals surface area contributed by atoms with Gasteiger partial charge in [0, 0.05) is 26.9 Å². The van der Waals surface area contributed by atoms with Gasteiger partial charge in [-0.2, -0.15) is 11.8 Å². The fraction of sp³-hybridized carbons (Fsp3) is 0.500. The molecule has 19 heavy (non-hydrogen) atoms. The maximum atomic E-state index is 3.73. The SMILES string of the molecule is CC(NCC1(C)CCCS1)c1cc2ccccc2s1. The molecule has 0 saturated carbocycles. The molecule has 0 aliphatic carbocycles. The van der Waals surface area contributed by atoms with Gasteiger partial charge in [-0.3, -0.25) is 0 Å². The lowest BCUT2D eigenvalue weighted by Crippen LogP contribution is -2.34. The van der Waals surface area contributed by atoms with Crippen LogP contribution in [0.5, 0.6) is 0 Å². The molecular weight excluding hydrogens is 270 g/mol. The quantitative estimate of drug-likeness (QED) is 0.865. The van der Waals surface area contributed by atoms with E-state index >= 15 is 0 Å². The third-order valence-corrected chi connectivity index (χ3v) is 6.79. The minimum atomic E-state index is 0.449. The minimum absolute atomic E-state index is 0.449. The Morgan fingerprint density at radius 2 is 2.21 bits per heavy atom. The van der Waals surface area contributed by atoms with Crippen LogP contribution in [-0.2, 0) is 0 Å². The second-order valence-electron chi connectivity index (χ2n) is 5.69. The maximum absolute atomic E-state index is 3.73. The van der Waals surface area contributed by atoms with Gasteiger partial charge in [-0.25, -0.2) is 0 Å². The van der Waals surface area contributed by atoms with Gasteiger partial charge in [0.15, 0.2) is 0 Å². The Balaban J connectivity index is 1.68. The molecule has 2 unspecified atom stereocenters. The Labute approximate surface area is 123 Å². The van der Waals surface area contributed by atoms with Crippen LogP contribution >= 0.6 is 23.1 Å². The van der Waals surface area contributed by atoms with Crippen molar-refractivity contribution in [2.45, 2.75) is 37.5 Å². The monoisotopic (exact) mass is 291 g/mol. The van der Waals surface area contributed by atoms with Gasteiger partial charge in [-0.1, -0.05) is 18.2 Å². The molecular formula is C16H21NS2. The summed E-state index contributed by atoms with van der Waals surface area (Å²) in [5, 5.41) is 5.10. The van der Waals surface area contributed by atoms with Crippen molar-refractivity contribution in [2.24, 2.45) is 0 Å². The van der Waals surface area contributed by atoms with Crippen molar-refractivity contribution < 1.29 is 0 Å². The van der Waals surface area contributed by atoms with E-state index in [2.05, 4.69) is 61.3 Å². The first-order chi connectivity index (χ1) is 9.16. The van der Waals surface area contributed by atoms with Crippen molar-refractivity contribution in [3.05, 3.63) is 35.2 Å². The number of rotatable bonds is 4. The van der Waals surface area contributed by atoms with E-state index in [4.69, 9.17) is 0 Å². The molecule has 2 heterocycles. The molecule has 1 fully saturated rings. The Morgan fingerprint density at radius 1 is 1.37 bits per heavy atom. The van der Waals surface area contributed by atoms with E-state index in [0.717, 1.165) is 6.54 Å². The van der Waals surface area contributed by atoms with Crippen LogP contribution in [-0.4, -0.2) is 17.0 Å². The Hall–Kier alpha value is -0.510. The van der Waals surface area contributed by atoms with E-state index in [1.165, 1.54) is 33.6 Å². The Kier molecular flexibility index (Phi) is 3.88. The summed E-state index contributed by atoms with van der Waals surface area (Å²) < 4.78 is 1.85. The van der Waals surface area contributed by atoms with Gasteiger partial charge in [-0.15, -0.1) is 11.3 Å². The van der Waals surface area contributed by atoms with E-state index in [1.54, 1.807) is 0 Å². The smallest absolute Gasteiger partial charge is 0.0386 e. The molecule has 102 valence electrons. The van der Waals surface area contributed by atoms with E-state index in [-0.39, 0.29) is 0 Å². The molecule has 1 aliphatic heterocycles. The van der Waals surface area contributed by atoms with Crippen molar-refractivity contribution in [3.8, 4) is 0 Å². The number of thiophene rings is 1. The van der Waals surface area contributed by atoms with E-state index in [9.17, 15) is 0 Å². The van der Waals surface area contributed by atoms with Crippen LogP contribution < -0.4 is 5.32 Å². The van der Waals surface area contributed by atoms with E-state index in [1.807, 2.05) is 11.3 Å². The molecule has 0 radical (unpaired) electrons. The van der Waals surface area contributed by atoms with Crippen molar-refractivity contribution >= 4 is 33.2 Å². The summed E-state index contributed by atoms with van der Waals surface area (Å²) in [6, 6.07) is 11.4. The first-order valence-electron chi connectivity index (χ1n) is 7.02. The highest BCUT2D eigenvalue weighted by molar-refractivity contribution is 8.00. The summed E-state index contributed by atoms with van der Waals surface area (Å²) >= 11 is 4.05. The summed E-state index contributed by atoms with van der Waals surface area (Å²) in [6.45, 7) is 5.80. The first-order valence-corrected chi connectivity index (χ1v) is 8.82. The Morgan fingerprint density at radius 3 is 2.95 bits per heavy atom. The second kappa shape index (κ2) is 5.47. The molecule has 0 spiro atoms. The molecule has 1 saturated heterocycles. The van der Waals surface area contributed by atoms with Crippen LogP contribution in [0.3, 0.4) is 0 Å². The highest BCUT2D eigenvalue weighted by Crippen LogP contribution is 2.38. The summed E-state index contributed by atoms with van der Waals surface area (Å²) in [5.41, 5.74) is 0. The van der Waals surface area contributed by atoms with Crippen molar-refractivity contribution in [2.75, 3.05) is 12.3 Å². The van der Waals surface area contributed by atoms with Gasteiger partial charge in [0.25, 0.3) is 0 Å². The molecule has 2 atom stereocenters. The molecule has 1 aliphatic rings. The maximum Gasteiger partial charge on any atom is 0.0386 e. The molecule has 1 nitrogen and oxygen atoms in total. The highest BCUT2D eigenvalue weighted by Gasteiger charge is 2.29. The number of hydrogen-bond donors (Lipinski definition) is 1. The summed E-state index contributed by atoms with van der Waals surface area (Å²) in [5.74, 6) is 1.33. The van der Waals surface area contributed by atoms with Gasteiger partial charge in [0.05, 0.1) is 0 Å². The molecule has 3 rings (SSSR count). The number of thioether (sulfide) groups is 1. The predicted octanol–water partition coefficient (Wildman–Crippen LogP) is 4.84. The molecule has 3 heteroatoms. The second-order valence-corrected chi connectivity index (χ2v) is 8.49. The van der Waals surface area contributed by atoms with Crippen molar-refractivity contribution in [1.82, 2.24) is 5.32 Å². The predicted molar refractivity (Wildman–Crippen MR) is 88.3 cm³/mol. The third kappa shape index (κ3) is 2.99. The molecule has 1 aromatic heterocycles. The average Bonchev–Trinajstić information content (AvgIpc) is 3.02. The van der Waals surface area contributed by atoms with E-state index < -0.39 is 0 Å². The molecule has 1 N–H and O–H groups in total. The zero-order chi connectivity index (χ0) is 13.3. The largest absolute Gasteiger partial charge is 0.308 e. The zero-order valence-corrected chi connectivity index (χ0v) is 13.2. The molecule has 1 aromatic carbocycles. The number of fused-ring (bicyclic) bond motifs is 1.